The normalized spacial score (nSPS) is 10.5. The van der Waals surface area contributed by atoms with Gasteiger partial charge in [-0.15, -0.1) is 13.2 Å². The molecule has 3 aromatic rings. The number of hydrogen-bond donors (Lipinski definition) is 0. The molecule has 0 aromatic heterocycles. The topological polar surface area (TPSA) is 0 Å². The Labute approximate surface area is 151 Å². The van der Waals surface area contributed by atoms with Crippen LogP contribution in [0.2, 0.25) is 0 Å². The highest BCUT2D eigenvalue weighted by atomic mass is 14.1. The molecule has 0 spiro atoms. The third-order valence-corrected chi connectivity index (χ3v) is 4.05. The van der Waals surface area contributed by atoms with E-state index in [4.69, 9.17) is 0 Å². The summed E-state index contributed by atoms with van der Waals surface area (Å²) >= 11 is 0. The van der Waals surface area contributed by atoms with Crippen LogP contribution in [0.3, 0.4) is 0 Å². The summed E-state index contributed by atoms with van der Waals surface area (Å²) in [6.45, 7) is 12.0. The van der Waals surface area contributed by atoms with Crippen molar-refractivity contribution in [3.63, 3.8) is 0 Å². The van der Waals surface area contributed by atoms with Crippen LogP contribution in [-0.4, -0.2) is 0 Å². The number of rotatable bonds is 4. The van der Waals surface area contributed by atoms with Crippen molar-refractivity contribution in [2.45, 2.75) is 6.92 Å². The molecule has 0 aliphatic rings. The first-order valence-electron chi connectivity index (χ1n) is 8.37. The van der Waals surface area contributed by atoms with Gasteiger partial charge < -0.3 is 0 Å². The lowest BCUT2D eigenvalue weighted by atomic mass is 9.91. The molecule has 25 heavy (non-hydrogen) atoms. The Morgan fingerprint density at radius 3 is 1.80 bits per heavy atom. The molecule has 0 unspecified atom stereocenters. The summed E-state index contributed by atoms with van der Waals surface area (Å²) in [6, 6.07) is 27.7. The second-order valence-electron chi connectivity index (χ2n) is 5.44. The number of hydrogen-bond acceptors (Lipinski definition) is 0. The maximum atomic E-state index is 3.96. The molecule has 0 saturated heterocycles. The highest BCUT2D eigenvalue weighted by Gasteiger charge is 2.09. The Bertz CT molecular complexity index is 840. The second-order valence-corrected chi connectivity index (χ2v) is 5.44. The third-order valence-electron chi connectivity index (χ3n) is 4.05. The third kappa shape index (κ3) is 4.24. The summed E-state index contributed by atoms with van der Waals surface area (Å²) in [7, 11) is 0. The molecule has 3 aromatic carbocycles. The van der Waals surface area contributed by atoms with Gasteiger partial charge in [-0.1, -0.05) is 91.5 Å². The average molecular weight is 324 g/mol. The molecule has 0 nitrogen and oxygen atoms in total. The molecule has 0 heterocycles. The molecule has 3 rings (SSSR count). The van der Waals surface area contributed by atoms with Crippen molar-refractivity contribution in [2.24, 2.45) is 0 Å². The zero-order valence-electron chi connectivity index (χ0n) is 14.8. The first-order chi connectivity index (χ1) is 12.3. The van der Waals surface area contributed by atoms with Crippen molar-refractivity contribution in [3.8, 4) is 22.3 Å². The molecule has 0 amide bonds. The minimum atomic E-state index is 1.16. The van der Waals surface area contributed by atoms with Crippen LogP contribution in [0.15, 0.2) is 111 Å². The van der Waals surface area contributed by atoms with Gasteiger partial charge in [0.1, 0.15) is 0 Å². The molecule has 0 saturated carbocycles. The van der Waals surface area contributed by atoms with E-state index < -0.39 is 0 Å². The van der Waals surface area contributed by atoms with Gasteiger partial charge in [-0.3, -0.25) is 0 Å². The van der Waals surface area contributed by atoms with E-state index >= 15 is 0 Å². The molecule has 0 aliphatic heterocycles. The standard InChI is InChI=1S/C23H20.C2H4/c1-3-18(4-2)22-16-15-21(19-11-7-5-8-12-19)17-23(22)20-13-9-6-10-14-20;1-2/h3-17H,1H2,2H3;1-2H2/b18-4+;. The maximum Gasteiger partial charge on any atom is -0.00994 e. The van der Waals surface area contributed by atoms with Gasteiger partial charge in [0, 0.05) is 0 Å². The van der Waals surface area contributed by atoms with Crippen LogP contribution in [-0.2, 0) is 0 Å². The Hall–Kier alpha value is -3.12. The SMILES string of the molecule is C=C.C=C/C(=C\C)c1ccc(-c2ccccc2)cc1-c1ccccc1. The molecule has 124 valence electrons. The fourth-order valence-corrected chi connectivity index (χ4v) is 2.85. The minimum Gasteiger partial charge on any atom is -0.106 e. The van der Waals surface area contributed by atoms with Crippen molar-refractivity contribution >= 4 is 5.57 Å². The molecule has 0 fully saturated rings. The van der Waals surface area contributed by atoms with Gasteiger partial charge in [0.05, 0.1) is 0 Å². The number of benzene rings is 3. The fourth-order valence-electron chi connectivity index (χ4n) is 2.85. The lowest BCUT2D eigenvalue weighted by Gasteiger charge is -2.13. The van der Waals surface area contributed by atoms with Crippen LogP contribution < -0.4 is 0 Å². The van der Waals surface area contributed by atoms with Gasteiger partial charge in [0.2, 0.25) is 0 Å². The first-order valence-corrected chi connectivity index (χ1v) is 8.37. The quantitative estimate of drug-likeness (QED) is 0.346. The second kappa shape index (κ2) is 9.24. The van der Waals surface area contributed by atoms with E-state index in [1.807, 2.05) is 18.2 Å². The molecule has 0 aliphatic carbocycles. The molecule has 0 bridgehead atoms. The lowest BCUT2D eigenvalue weighted by molar-refractivity contribution is 1.54. The van der Waals surface area contributed by atoms with Crippen molar-refractivity contribution in [3.05, 3.63) is 116 Å². The van der Waals surface area contributed by atoms with E-state index in [1.54, 1.807) is 0 Å². The van der Waals surface area contributed by atoms with Gasteiger partial charge in [-0.05, 0) is 46.4 Å². The van der Waals surface area contributed by atoms with E-state index in [0.717, 1.165) is 5.57 Å². The van der Waals surface area contributed by atoms with Crippen LogP contribution >= 0.6 is 0 Å². The molecule has 0 radical (unpaired) electrons. The lowest BCUT2D eigenvalue weighted by Crippen LogP contribution is -1.90. The van der Waals surface area contributed by atoms with Crippen LogP contribution in [0, 0.1) is 0 Å². The van der Waals surface area contributed by atoms with Crippen molar-refractivity contribution in [1.82, 2.24) is 0 Å². The van der Waals surface area contributed by atoms with Gasteiger partial charge in [0.15, 0.2) is 0 Å². The zero-order chi connectivity index (χ0) is 18.1. The summed E-state index contributed by atoms with van der Waals surface area (Å²) in [4.78, 5) is 0. The van der Waals surface area contributed by atoms with E-state index in [2.05, 4.69) is 99.5 Å². The summed E-state index contributed by atoms with van der Waals surface area (Å²) < 4.78 is 0. The summed E-state index contributed by atoms with van der Waals surface area (Å²) in [6.07, 6.45) is 4.03. The van der Waals surface area contributed by atoms with Gasteiger partial charge >= 0.3 is 0 Å². The fraction of sp³-hybridized carbons (Fsp3) is 0.0400. The summed E-state index contributed by atoms with van der Waals surface area (Å²) in [5, 5.41) is 0. The smallest absolute Gasteiger partial charge is 0.00994 e. The van der Waals surface area contributed by atoms with Crippen LogP contribution in [0.5, 0.6) is 0 Å². The Balaban J connectivity index is 0.00000109. The van der Waals surface area contributed by atoms with Crippen LogP contribution in [0.4, 0.5) is 0 Å². The van der Waals surface area contributed by atoms with Crippen LogP contribution in [0.25, 0.3) is 27.8 Å². The van der Waals surface area contributed by atoms with Gasteiger partial charge in [0.25, 0.3) is 0 Å². The maximum absolute atomic E-state index is 3.96. The highest BCUT2D eigenvalue weighted by molar-refractivity contribution is 5.87. The van der Waals surface area contributed by atoms with Gasteiger partial charge in [-0.2, -0.15) is 0 Å². The monoisotopic (exact) mass is 324 g/mol. The van der Waals surface area contributed by atoms with Gasteiger partial charge in [-0.25, -0.2) is 0 Å². The molecular weight excluding hydrogens is 300 g/mol. The minimum absolute atomic E-state index is 1.16. The zero-order valence-corrected chi connectivity index (χ0v) is 14.8. The van der Waals surface area contributed by atoms with Crippen molar-refractivity contribution in [2.75, 3.05) is 0 Å². The molecule has 0 N–H and O–H groups in total. The molecule has 0 atom stereocenters. The predicted octanol–water partition coefficient (Wildman–Crippen LogP) is 7.41. The summed E-state index contributed by atoms with van der Waals surface area (Å²) in [5.41, 5.74) is 7.29. The number of allylic oxidation sites excluding steroid dienone is 3. The Morgan fingerprint density at radius 1 is 0.720 bits per heavy atom. The van der Waals surface area contributed by atoms with Crippen LogP contribution in [0.1, 0.15) is 12.5 Å². The van der Waals surface area contributed by atoms with E-state index in [9.17, 15) is 0 Å². The van der Waals surface area contributed by atoms with E-state index in [1.165, 1.54) is 27.8 Å². The predicted molar refractivity (Wildman–Crippen MR) is 112 cm³/mol. The molecule has 0 heteroatoms. The largest absolute Gasteiger partial charge is 0.106 e. The average Bonchev–Trinajstić information content (AvgIpc) is 2.72. The van der Waals surface area contributed by atoms with E-state index in [0.29, 0.717) is 0 Å². The molecular formula is C25H24. The Morgan fingerprint density at radius 2 is 1.28 bits per heavy atom. The summed E-state index contributed by atoms with van der Waals surface area (Å²) in [5.74, 6) is 0. The first kappa shape index (κ1) is 18.2. The Kier molecular flexibility index (Phi) is 6.74. The van der Waals surface area contributed by atoms with E-state index in [-0.39, 0.29) is 0 Å². The van der Waals surface area contributed by atoms with Crippen molar-refractivity contribution < 1.29 is 0 Å². The van der Waals surface area contributed by atoms with Crippen molar-refractivity contribution in [1.29, 1.82) is 0 Å². The highest BCUT2D eigenvalue weighted by Crippen LogP contribution is 2.33.